The van der Waals surface area contributed by atoms with Gasteiger partial charge in [0.25, 0.3) is 0 Å². The van der Waals surface area contributed by atoms with E-state index in [4.69, 9.17) is 79.2 Å². The second-order valence-electron chi connectivity index (χ2n) is 2.30. The molecule has 0 aliphatic rings. The van der Waals surface area contributed by atoms with E-state index in [1.54, 1.807) is 0 Å². The number of aliphatic carboxylic acids is 8. The Labute approximate surface area is 349 Å². The number of carbonyl (C=O) groups is 8. The van der Waals surface area contributed by atoms with Crippen molar-refractivity contribution in [3.8, 4) is 0 Å². The molecule has 0 rings (SSSR count). The van der Waals surface area contributed by atoms with E-state index in [1.807, 2.05) is 0 Å². The van der Waals surface area contributed by atoms with Gasteiger partial charge in [0.15, 0.2) is 0 Å². The summed E-state index contributed by atoms with van der Waals surface area (Å²) in [5.41, 5.74) is 0. The maximum atomic E-state index is 8.93. The Hall–Kier alpha value is 3.19. The molecule has 0 N–H and O–H groups in total. The number of rotatable bonds is 0. The smallest absolute Gasteiger partial charge is 0.543 e. The fourth-order valence-electron chi connectivity index (χ4n) is 0. The van der Waals surface area contributed by atoms with Gasteiger partial charge in [-0.15, -0.1) is 0 Å². The van der Waals surface area contributed by atoms with E-state index < -0.39 is 47.8 Å². The Morgan fingerprint density at radius 3 is 0.310 bits per heavy atom. The van der Waals surface area contributed by atoms with Gasteiger partial charge in [-0.2, -0.15) is 0 Å². The zero-order valence-corrected chi connectivity index (χ0v) is 30.0. The molecule has 29 heavy (non-hydrogen) atoms. The van der Waals surface area contributed by atoms with Gasteiger partial charge in [0, 0.05) is 0 Å². The van der Waals surface area contributed by atoms with Crippen LogP contribution in [0, 0.1) is 0 Å². The number of carboxylic acids is 8. The van der Waals surface area contributed by atoms with Crippen molar-refractivity contribution in [2.45, 2.75) is 0 Å². The molecule has 0 aromatic heterocycles. The molecule has 0 fully saturated rings. The molecule has 0 aromatic carbocycles. The third-order valence-corrected chi connectivity index (χ3v) is 0.667. The summed E-state index contributed by atoms with van der Waals surface area (Å²) in [4.78, 5) is 71.4. The molecule has 0 radical (unpaired) electrons. The number of hydrogen-bond acceptors (Lipinski definition) is 16. The van der Waals surface area contributed by atoms with Crippen LogP contribution in [0.5, 0.6) is 0 Å². The van der Waals surface area contributed by atoms with Crippen molar-refractivity contribution in [1.29, 1.82) is 0 Å². The largest absolute Gasteiger partial charge is 4.00 e. The van der Waals surface area contributed by atoms with Crippen LogP contribution in [-0.4, -0.2) is 47.8 Å². The molecule has 0 atom stereocenters. The van der Waals surface area contributed by atoms with Crippen molar-refractivity contribution >= 4 is 47.8 Å². The predicted molar refractivity (Wildman–Crippen MR) is 40.1 cm³/mol. The average molecular weight is 600 g/mol. The summed E-state index contributed by atoms with van der Waals surface area (Å²) in [7, 11) is 0. The molecule has 21 heteroatoms. The molecule has 0 aliphatic carbocycles. The second-order valence-corrected chi connectivity index (χ2v) is 2.30. The van der Waals surface area contributed by atoms with E-state index in [1.165, 1.54) is 0 Å². The van der Waals surface area contributed by atoms with E-state index >= 15 is 0 Å². The van der Waals surface area contributed by atoms with Crippen LogP contribution >= 0.6 is 0 Å². The third-order valence-electron chi connectivity index (χ3n) is 0.667. The van der Waals surface area contributed by atoms with Crippen LogP contribution in [0.3, 0.4) is 0 Å². The van der Waals surface area contributed by atoms with Crippen LogP contribution in [0.2, 0.25) is 0 Å². The van der Waals surface area contributed by atoms with Crippen LogP contribution < -0.4 is 246 Å². The van der Waals surface area contributed by atoms with Gasteiger partial charge in [-0.3, -0.25) is 0 Å². The molecule has 0 saturated heterocycles. The standard InChI is InChI=1S/4C2H2O4.4K.Zr/c4*3-1(4)2(5)6;;;;;/h4*(H,3,4)(H,5,6);;;;;/q;;;;4*+1;+4/p-8. The average Bonchev–Trinajstić information content (AvgIpc) is 2.40. The monoisotopic (exact) mass is 598 g/mol. The number of hydrogen-bond donors (Lipinski definition) is 0. The topological polar surface area (TPSA) is 321 Å². The van der Waals surface area contributed by atoms with E-state index in [0.717, 1.165) is 0 Å². The van der Waals surface area contributed by atoms with Gasteiger partial charge in [-0.25, -0.2) is 0 Å². The van der Waals surface area contributed by atoms with Crippen LogP contribution in [0.1, 0.15) is 0 Å². The molecule has 136 valence electrons. The third kappa shape index (κ3) is 72.2. The predicted octanol–water partition coefficient (Wildman–Crippen LogP) is -26.0. The molecular weight excluding hydrogens is 600 g/mol. The first kappa shape index (κ1) is 58.2. The van der Waals surface area contributed by atoms with Crippen LogP contribution in [0.15, 0.2) is 0 Å². The van der Waals surface area contributed by atoms with Gasteiger partial charge in [-0.1, -0.05) is 0 Å². The molecule has 0 heterocycles. The van der Waals surface area contributed by atoms with Crippen molar-refractivity contribution in [3.05, 3.63) is 0 Å². The Morgan fingerprint density at radius 2 is 0.310 bits per heavy atom. The van der Waals surface area contributed by atoms with Gasteiger partial charge in [0.2, 0.25) is 0 Å². The van der Waals surface area contributed by atoms with Crippen LogP contribution in [0.25, 0.3) is 0 Å². The summed E-state index contributed by atoms with van der Waals surface area (Å²) in [5.74, 6) is -17.5. The first-order chi connectivity index (χ1) is 10.6. The van der Waals surface area contributed by atoms with Gasteiger partial charge in [0.05, 0.1) is 47.8 Å². The number of carboxylic acid groups (broad SMARTS) is 8. The summed E-state index contributed by atoms with van der Waals surface area (Å²) in [6.45, 7) is 0. The van der Waals surface area contributed by atoms with E-state index in [9.17, 15) is 0 Å². The first-order valence-corrected chi connectivity index (χ1v) is 4.27. The van der Waals surface area contributed by atoms with Crippen LogP contribution in [-0.2, 0) is 64.6 Å². The van der Waals surface area contributed by atoms with Crippen molar-refractivity contribution < 1.29 is 311 Å². The SMILES string of the molecule is O=C([O-])C(=O)[O-].O=C([O-])C(=O)[O-].O=C([O-])C(=O)[O-].O=C([O-])C(=O)[O-].[K+].[K+].[K+].[K+].[Zr+4]. The van der Waals surface area contributed by atoms with E-state index in [-0.39, 0.29) is 232 Å². The fourth-order valence-corrected chi connectivity index (χ4v) is 0. The van der Waals surface area contributed by atoms with Crippen molar-refractivity contribution in [1.82, 2.24) is 0 Å². The fraction of sp³-hybridized carbons (Fsp3) is 0. The maximum Gasteiger partial charge on any atom is 4.00 e. The van der Waals surface area contributed by atoms with Crippen molar-refractivity contribution in [2.75, 3.05) is 0 Å². The summed E-state index contributed by atoms with van der Waals surface area (Å²) < 4.78 is 0. The molecule has 16 nitrogen and oxygen atoms in total. The molecule has 0 aromatic rings. The Bertz CT molecular complexity index is 405. The van der Waals surface area contributed by atoms with E-state index in [2.05, 4.69) is 0 Å². The molecule has 0 aliphatic heterocycles. The summed E-state index contributed by atoms with van der Waals surface area (Å²) in [6.07, 6.45) is 0. The number of carbonyl (C=O) groups excluding carboxylic acids is 8. The Morgan fingerprint density at radius 1 is 0.276 bits per heavy atom. The molecular formula is C8K4O16Zr. The van der Waals surface area contributed by atoms with Gasteiger partial charge < -0.3 is 79.2 Å². The van der Waals surface area contributed by atoms with Gasteiger partial charge in [0.1, 0.15) is 0 Å². The minimum Gasteiger partial charge on any atom is -0.543 e. The Balaban J connectivity index is -0.0000000248. The van der Waals surface area contributed by atoms with Crippen molar-refractivity contribution in [2.24, 2.45) is 0 Å². The minimum absolute atomic E-state index is 0. The normalized spacial score (nSPS) is 6.07. The second kappa shape index (κ2) is 38.5. The molecule has 0 saturated carbocycles. The first-order valence-electron chi connectivity index (χ1n) is 4.27. The van der Waals surface area contributed by atoms with E-state index in [0.29, 0.717) is 0 Å². The molecule has 0 amide bonds. The maximum absolute atomic E-state index is 8.93. The Kier molecular flexibility index (Phi) is 77.2. The molecule has 0 spiro atoms. The van der Waals surface area contributed by atoms with Gasteiger partial charge in [-0.05, 0) is 0 Å². The minimum atomic E-state index is -2.19. The van der Waals surface area contributed by atoms with Crippen LogP contribution in [0.4, 0.5) is 0 Å². The quantitative estimate of drug-likeness (QED) is 0.184. The summed E-state index contributed by atoms with van der Waals surface area (Å²) in [6, 6.07) is 0. The zero-order chi connectivity index (χ0) is 20.6. The zero-order valence-electron chi connectivity index (χ0n) is 15.0. The summed E-state index contributed by atoms with van der Waals surface area (Å²) in [5, 5.41) is 71.4. The molecule has 0 unspecified atom stereocenters. The molecule has 0 bridgehead atoms. The van der Waals surface area contributed by atoms with Gasteiger partial charge >= 0.3 is 232 Å². The van der Waals surface area contributed by atoms with Crippen molar-refractivity contribution in [3.63, 3.8) is 0 Å². The summed E-state index contributed by atoms with van der Waals surface area (Å²) >= 11 is 0.